The molecule has 0 amide bonds. The predicted molar refractivity (Wildman–Crippen MR) is 79.8 cm³/mol. The lowest BCUT2D eigenvalue weighted by atomic mass is 10.1. The molecule has 0 heterocycles. The third-order valence-electron chi connectivity index (χ3n) is 3.10. The Labute approximate surface area is 122 Å². The maximum Gasteiger partial charge on any atom is 0.271 e. The van der Waals surface area contributed by atoms with E-state index in [1.165, 1.54) is 30.3 Å². The molecule has 0 unspecified atom stereocenters. The highest BCUT2D eigenvalue weighted by Crippen LogP contribution is 2.21. The molecule has 0 aliphatic rings. The van der Waals surface area contributed by atoms with E-state index in [1.54, 1.807) is 12.1 Å². The van der Waals surface area contributed by atoms with Crippen molar-refractivity contribution in [2.45, 2.75) is 18.7 Å². The fraction of sp³-hybridized carbons (Fsp3) is 0.143. The van der Waals surface area contributed by atoms with Gasteiger partial charge in [-0.2, -0.15) is 0 Å². The standard InChI is InChI=1S/C14H14N2O4S/c1-10-6-7-14(8-11(10)2)21(19,20)15-12-4-3-5-13(9-12)16(17)18/h3-9,15H,1-2H3. The molecule has 0 aromatic heterocycles. The largest absolute Gasteiger partial charge is 0.279 e. The number of non-ortho nitro benzene ring substituents is 1. The second-order valence-electron chi connectivity index (χ2n) is 4.66. The number of hydrogen-bond acceptors (Lipinski definition) is 4. The second kappa shape index (κ2) is 5.53. The van der Waals surface area contributed by atoms with Crippen molar-refractivity contribution in [3.8, 4) is 0 Å². The molecule has 0 radical (unpaired) electrons. The number of hydrogen-bond donors (Lipinski definition) is 1. The number of nitrogens with zero attached hydrogens (tertiary/aromatic N) is 1. The van der Waals surface area contributed by atoms with Crippen LogP contribution in [0.25, 0.3) is 0 Å². The highest BCUT2D eigenvalue weighted by Gasteiger charge is 2.16. The Balaban J connectivity index is 2.35. The van der Waals surface area contributed by atoms with Gasteiger partial charge in [0, 0.05) is 12.1 Å². The molecule has 0 fully saturated rings. The van der Waals surface area contributed by atoms with Crippen LogP contribution in [0.2, 0.25) is 0 Å². The van der Waals surface area contributed by atoms with E-state index in [0.29, 0.717) is 0 Å². The first-order valence-corrected chi connectivity index (χ1v) is 7.62. The molecular formula is C14H14N2O4S. The van der Waals surface area contributed by atoms with Crippen LogP contribution >= 0.6 is 0 Å². The molecular weight excluding hydrogens is 292 g/mol. The summed E-state index contributed by atoms with van der Waals surface area (Å²) >= 11 is 0. The van der Waals surface area contributed by atoms with Gasteiger partial charge >= 0.3 is 0 Å². The number of rotatable bonds is 4. The molecule has 0 atom stereocenters. The Kier molecular flexibility index (Phi) is 3.95. The summed E-state index contributed by atoms with van der Waals surface area (Å²) in [6, 6.07) is 10.2. The molecule has 0 aliphatic heterocycles. The molecule has 2 aromatic rings. The summed E-state index contributed by atoms with van der Waals surface area (Å²) in [6.45, 7) is 3.71. The van der Waals surface area contributed by atoms with E-state index >= 15 is 0 Å². The molecule has 110 valence electrons. The highest BCUT2D eigenvalue weighted by molar-refractivity contribution is 7.92. The van der Waals surface area contributed by atoms with Gasteiger partial charge in [0.15, 0.2) is 0 Å². The van der Waals surface area contributed by atoms with Gasteiger partial charge in [0.2, 0.25) is 0 Å². The second-order valence-corrected chi connectivity index (χ2v) is 6.34. The van der Waals surface area contributed by atoms with Gasteiger partial charge in [0.05, 0.1) is 15.5 Å². The van der Waals surface area contributed by atoms with Crippen molar-refractivity contribution in [3.05, 3.63) is 63.7 Å². The fourth-order valence-corrected chi connectivity index (χ4v) is 2.91. The number of nitro groups is 1. The first-order chi connectivity index (χ1) is 9.79. The quantitative estimate of drug-likeness (QED) is 0.694. The monoisotopic (exact) mass is 306 g/mol. The molecule has 21 heavy (non-hydrogen) atoms. The van der Waals surface area contributed by atoms with Gasteiger partial charge < -0.3 is 0 Å². The van der Waals surface area contributed by atoms with Crippen LogP contribution in [0.4, 0.5) is 11.4 Å². The maximum absolute atomic E-state index is 12.3. The highest BCUT2D eigenvalue weighted by atomic mass is 32.2. The minimum Gasteiger partial charge on any atom is -0.279 e. The van der Waals surface area contributed by atoms with Crippen LogP contribution in [0, 0.1) is 24.0 Å². The summed E-state index contributed by atoms with van der Waals surface area (Å²) in [5.74, 6) is 0. The summed E-state index contributed by atoms with van der Waals surface area (Å²) in [5, 5.41) is 10.7. The van der Waals surface area contributed by atoms with E-state index in [9.17, 15) is 18.5 Å². The van der Waals surface area contributed by atoms with Crippen molar-refractivity contribution in [2.75, 3.05) is 4.72 Å². The van der Waals surface area contributed by atoms with Crippen molar-refractivity contribution in [2.24, 2.45) is 0 Å². The van der Waals surface area contributed by atoms with Crippen LogP contribution in [0.15, 0.2) is 47.4 Å². The Morgan fingerprint density at radius 3 is 2.38 bits per heavy atom. The molecule has 7 heteroatoms. The Morgan fingerprint density at radius 2 is 1.76 bits per heavy atom. The number of benzene rings is 2. The fourth-order valence-electron chi connectivity index (χ4n) is 1.78. The van der Waals surface area contributed by atoms with Crippen molar-refractivity contribution in [1.82, 2.24) is 0 Å². The Bertz CT molecular complexity index is 800. The zero-order valence-corrected chi connectivity index (χ0v) is 12.3. The van der Waals surface area contributed by atoms with E-state index in [1.807, 2.05) is 13.8 Å². The third kappa shape index (κ3) is 3.38. The topological polar surface area (TPSA) is 89.3 Å². The van der Waals surface area contributed by atoms with Crippen LogP contribution in [-0.2, 0) is 10.0 Å². The molecule has 1 N–H and O–H groups in total. The average molecular weight is 306 g/mol. The zero-order valence-electron chi connectivity index (χ0n) is 11.5. The van der Waals surface area contributed by atoms with Gasteiger partial charge in [0.25, 0.3) is 15.7 Å². The van der Waals surface area contributed by atoms with Crippen molar-refractivity contribution in [3.63, 3.8) is 0 Å². The normalized spacial score (nSPS) is 11.1. The summed E-state index contributed by atoms with van der Waals surface area (Å²) in [6.07, 6.45) is 0. The van der Waals surface area contributed by atoms with E-state index in [0.717, 1.165) is 11.1 Å². The lowest BCUT2D eigenvalue weighted by Crippen LogP contribution is -2.13. The molecule has 0 spiro atoms. The first-order valence-electron chi connectivity index (χ1n) is 6.14. The number of aryl methyl sites for hydroxylation is 2. The van der Waals surface area contributed by atoms with Crippen molar-refractivity contribution in [1.29, 1.82) is 0 Å². The van der Waals surface area contributed by atoms with E-state index in [4.69, 9.17) is 0 Å². The molecule has 0 aliphatic carbocycles. The van der Waals surface area contributed by atoms with Gasteiger partial charge in [-0.15, -0.1) is 0 Å². The Hall–Kier alpha value is -2.41. The SMILES string of the molecule is Cc1ccc(S(=O)(=O)Nc2cccc([N+](=O)[O-])c2)cc1C. The Morgan fingerprint density at radius 1 is 1.05 bits per heavy atom. The number of nitro benzene ring substituents is 1. The van der Waals surface area contributed by atoms with Crippen LogP contribution in [0.3, 0.4) is 0 Å². The van der Waals surface area contributed by atoms with Gasteiger partial charge in [-0.3, -0.25) is 14.8 Å². The van der Waals surface area contributed by atoms with Gasteiger partial charge in [-0.05, 0) is 43.2 Å². The first kappa shape index (κ1) is 15.0. The molecule has 2 rings (SSSR count). The molecule has 0 saturated heterocycles. The third-order valence-corrected chi connectivity index (χ3v) is 4.48. The van der Waals surface area contributed by atoms with Gasteiger partial charge in [-0.25, -0.2) is 8.42 Å². The summed E-state index contributed by atoms with van der Waals surface area (Å²) < 4.78 is 26.9. The zero-order chi connectivity index (χ0) is 15.6. The van der Waals surface area contributed by atoms with Crippen LogP contribution in [0.5, 0.6) is 0 Å². The van der Waals surface area contributed by atoms with Crippen LogP contribution in [0.1, 0.15) is 11.1 Å². The number of anilines is 1. The predicted octanol–water partition coefficient (Wildman–Crippen LogP) is 3.01. The van der Waals surface area contributed by atoms with Crippen molar-refractivity contribution >= 4 is 21.4 Å². The van der Waals surface area contributed by atoms with Crippen molar-refractivity contribution < 1.29 is 13.3 Å². The lowest BCUT2D eigenvalue weighted by Gasteiger charge is -2.09. The average Bonchev–Trinajstić information content (AvgIpc) is 2.41. The molecule has 2 aromatic carbocycles. The number of nitrogens with one attached hydrogen (secondary N) is 1. The maximum atomic E-state index is 12.3. The van der Waals surface area contributed by atoms with E-state index in [2.05, 4.69) is 4.72 Å². The van der Waals surface area contributed by atoms with Crippen LogP contribution in [-0.4, -0.2) is 13.3 Å². The minimum atomic E-state index is -3.77. The molecule has 0 saturated carbocycles. The van der Waals surface area contributed by atoms with Gasteiger partial charge in [0.1, 0.15) is 0 Å². The van der Waals surface area contributed by atoms with E-state index < -0.39 is 14.9 Å². The minimum absolute atomic E-state index is 0.122. The van der Waals surface area contributed by atoms with Crippen LogP contribution < -0.4 is 4.72 Å². The lowest BCUT2D eigenvalue weighted by molar-refractivity contribution is -0.384. The molecule has 6 nitrogen and oxygen atoms in total. The number of sulfonamides is 1. The van der Waals surface area contributed by atoms with Gasteiger partial charge in [-0.1, -0.05) is 12.1 Å². The summed E-state index contributed by atoms with van der Waals surface area (Å²) in [7, 11) is -3.77. The smallest absolute Gasteiger partial charge is 0.271 e. The summed E-state index contributed by atoms with van der Waals surface area (Å²) in [4.78, 5) is 10.2. The summed E-state index contributed by atoms with van der Waals surface area (Å²) in [5.41, 5.74) is 1.83. The van der Waals surface area contributed by atoms with E-state index in [-0.39, 0.29) is 16.3 Å². The molecule has 0 bridgehead atoms.